The van der Waals surface area contributed by atoms with Gasteiger partial charge in [-0.15, -0.1) is 11.3 Å². The van der Waals surface area contributed by atoms with E-state index in [1.807, 2.05) is 35.7 Å². The smallest absolute Gasteiger partial charge is 0.276 e. The number of H-pyrrole nitrogens is 1. The number of morpholine rings is 1. The third kappa shape index (κ3) is 4.32. The zero-order valence-electron chi connectivity index (χ0n) is 16.0. The molecule has 1 aliphatic rings. The number of aromatic nitrogens is 2. The van der Waals surface area contributed by atoms with Crippen molar-refractivity contribution in [1.29, 1.82) is 0 Å². The van der Waals surface area contributed by atoms with Gasteiger partial charge in [-0.3, -0.25) is 14.8 Å². The summed E-state index contributed by atoms with van der Waals surface area (Å²) in [5, 5.41) is 12.1. The van der Waals surface area contributed by atoms with Crippen LogP contribution < -0.4 is 5.32 Å². The van der Waals surface area contributed by atoms with Gasteiger partial charge >= 0.3 is 0 Å². The Balaban J connectivity index is 1.47. The molecule has 2 N–H and O–H groups in total. The second-order valence-corrected chi connectivity index (χ2v) is 8.15. The minimum absolute atomic E-state index is 0.213. The number of carbonyl (C=O) groups excluding carboxylic acids is 1. The Hall–Kier alpha value is -2.48. The Labute approximate surface area is 168 Å². The molecule has 2 unspecified atom stereocenters. The first kappa shape index (κ1) is 18.9. The molecule has 1 amide bonds. The first-order valence-corrected chi connectivity index (χ1v) is 10.3. The van der Waals surface area contributed by atoms with Crippen molar-refractivity contribution in [2.45, 2.75) is 32.6 Å². The van der Waals surface area contributed by atoms with Crippen molar-refractivity contribution < 1.29 is 9.53 Å². The van der Waals surface area contributed by atoms with E-state index in [0.29, 0.717) is 5.69 Å². The highest BCUT2D eigenvalue weighted by Crippen LogP contribution is 2.24. The quantitative estimate of drug-likeness (QED) is 0.684. The van der Waals surface area contributed by atoms with E-state index in [4.69, 9.17) is 4.74 Å². The molecule has 3 aromatic rings. The maximum absolute atomic E-state index is 12.7. The number of ether oxygens (including phenoxy) is 1. The predicted octanol–water partition coefficient (Wildman–Crippen LogP) is 4.00. The summed E-state index contributed by atoms with van der Waals surface area (Å²) in [6, 6.07) is 13.7. The Kier molecular flexibility index (Phi) is 5.57. The van der Waals surface area contributed by atoms with E-state index >= 15 is 0 Å². The number of rotatable bonds is 5. The molecule has 2 atom stereocenters. The van der Waals surface area contributed by atoms with E-state index in [1.165, 1.54) is 0 Å². The van der Waals surface area contributed by atoms with Crippen LogP contribution in [0.4, 0.5) is 5.69 Å². The number of para-hydroxylation sites is 1. The van der Waals surface area contributed by atoms with Crippen molar-refractivity contribution in [3.63, 3.8) is 0 Å². The van der Waals surface area contributed by atoms with E-state index in [-0.39, 0.29) is 18.1 Å². The number of benzene rings is 1. The number of aromatic amines is 1. The van der Waals surface area contributed by atoms with Gasteiger partial charge < -0.3 is 10.1 Å². The minimum atomic E-state index is -0.213. The lowest BCUT2D eigenvalue weighted by molar-refractivity contribution is -0.0704. The van der Waals surface area contributed by atoms with Gasteiger partial charge in [-0.05, 0) is 43.0 Å². The maximum atomic E-state index is 12.7. The Morgan fingerprint density at radius 2 is 2.04 bits per heavy atom. The van der Waals surface area contributed by atoms with Gasteiger partial charge in [0.15, 0.2) is 5.69 Å². The number of nitrogens with zero attached hydrogens (tertiary/aromatic N) is 2. The molecule has 6 nitrogen and oxygen atoms in total. The van der Waals surface area contributed by atoms with Crippen LogP contribution in [0.2, 0.25) is 0 Å². The fourth-order valence-electron chi connectivity index (χ4n) is 3.62. The number of anilines is 1. The molecule has 1 saturated heterocycles. The van der Waals surface area contributed by atoms with Crippen LogP contribution in [0.3, 0.4) is 0 Å². The Morgan fingerprint density at radius 3 is 2.79 bits per heavy atom. The molecular weight excluding hydrogens is 372 g/mol. The molecule has 2 aromatic heterocycles. The van der Waals surface area contributed by atoms with Crippen LogP contribution in [0.1, 0.15) is 29.9 Å². The summed E-state index contributed by atoms with van der Waals surface area (Å²) >= 11 is 1.61. The predicted molar refractivity (Wildman–Crippen MR) is 112 cm³/mol. The molecule has 28 heavy (non-hydrogen) atoms. The van der Waals surface area contributed by atoms with Crippen molar-refractivity contribution in [1.82, 2.24) is 15.1 Å². The average Bonchev–Trinajstić information content (AvgIpc) is 3.34. The van der Waals surface area contributed by atoms with E-state index in [0.717, 1.165) is 41.5 Å². The summed E-state index contributed by atoms with van der Waals surface area (Å²) in [5.74, 6) is -0.213. The van der Waals surface area contributed by atoms with Gasteiger partial charge in [0, 0.05) is 25.3 Å². The van der Waals surface area contributed by atoms with Crippen LogP contribution in [-0.2, 0) is 11.3 Å². The highest BCUT2D eigenvalue weighted by molar-refractivity contribution is 7.13. The van der Waals surface area contributed by atoms with Crippen LogP contribution >= 0.6 is 11.3 Å². The molecule has 0 spiro atoms. The SMILES string of the molecule is CC1CN(Cc2ccccc2NC(=O)c2cc(-c3cccs3)[nH]n2)CC(C)O1. The van der Waals surface area contributed by atoms with E-state index in [2.05, 4.69) is 40.3 Å². The van der Waals surface area contributed by atoms with Gasteiger partial charge in [-0.25, -0.2) is 0 Å². The van der Waals surface area contributed by atoms with Gasteiger partial charge in [0.2, 0.25) is 0 Å². The number of hydrogen-bond donors (Lipinski definition) is 2. The summed E-state index contributed by atoms with van der Waals surface area (Å²) in [4.78, 5) is 16.1. The number of nitrogens with one attached hydrogen (secondary N) is 2. The Morgan fingerprint density at radius 1 is 1.25 bits per heavy atom. The number of hydrogen-bond acceptors (Lipinski definition) is 5. The molecule has 1 aromatic carbocycles. The van der Waals surface area contributed by atoms with Crippen molar-refractivity contribution in [2.75, 3.05) is 18.4 Å². The summed E-state index contributed by atoms with van der Waals surface area (Å²) in [6.07, 6.45) is 0.426. The van der Waals surface area contributed by atoms with Crippen molar-refractivity contribution >= 4 is 22.9 Å². The molecule has 0 aliphatic carbocycles. The average molecular weight is 397 g/mol. The lowest BCUT2D eigenvalue weighted by atomic mass is 10.1. The molecular formula is C21H24N4O2S. The lowest BCUT2D eigenvalue weighted by Gasteiger charge is -2.35. The first-order chi connectivity index (χ1) is 13.6. The van der Waals surface area contributed by atoms with Crippen molar-refractivity contribution in [2.24, 2.45) is 0 Å². The van der Waals surface area contributed by atoms with Gasteiger partial charge in [0.1, 0.15) is 0 Å². The topological polar surface area (TPSA) is 70.2 Å². The monoisotopic (exact) mass is 396 g/mol. The maximum Gasteiger partial charge on any atom is 0.276 e. The molecule has 1 aliphatic heterocycles. The molecule has 0 saturated carbocycles. The third-order valence-corrected chi connectivity index (χ3v) is 5.66. The fraction of sp³-hybridized carbons (Fsp3) is 0.333. The van der Waals surface area contributed by atoms with Gasteiger partial charge in [-0.1, -0.05) is 24.3 Å². The molecule has 0 bridgehead atoms. The molecule has 3 heterocycles. The Bertz CT molecular complexity index is 928. The second kappa shape index (κ2) is 8.26. The fourth-order valence-corrected chi connectivity index (χ4v) is 4.31. The van der Waals surface area contributed by atoms with Crippen LogP contribution in [-0.4, -0.2) is 46.3 Å². The van der Waals surface area contributed by atoms with Gasteiger partial charge in [0.25, 0.3) is 5.91 Å². The standard InChI is InChI=1S/C21H24N4O2S/c1-14-11-25(12-15(2)27-14)13-16-6-3-4-7-17(16)22-21(26)19-10-18(23-24-19)20-8-5-9-28-20/h3-10,14-15H,11-13H2,1-2H3,(H,22,26)(H,23,24). The lowest BCUT2D eigenvalue weighted by Crippen LogP contribution is -2.44. The van der Waals surface area contributed by atoms with Gasteiger partial charge in [-0.2, -0.15) is 5.10 Å². The number of carbonyl (C=O) groups is 1. The zero-order chi connectivity index (χ0) is 19.5. The number of amides is 1. The first-order valence-electron chi connectivity index (χ1n) is 9.45. The highest BCUT2D eigenvalue weighted by Gasteiger charge is 2.23. The molecule has 0 radical (unpaired) electrons. The van der Waals surface area contributed by atoms with Crippen LogP contribution in [0.5, 0.6) is 0 Å². The summed E-state index contributed by atoms with van der Waals surface area (Å²) in [5.41, 5.74) is 3.14. The van der Waals surface area contributed by atoms with Crippen molar-refractivity contribution in [3.8, 4) is 10.6 Å². The van der Waals surface area contributed by atoms with Crippen LogP contribution in [0.15, 0.2) is 47.8 Å². The van der Waals surface area contributed by atoms with E-state index in [1.54, 1.807) is 17.4 Å². The summed E-state index contributed by atoms with van der Waals surface area (Å²) in [6.45, 7) is 6.74. The molecule has 1 fully saturated rings. The normalized spacial score (nSPS) is 20.2. The van der Waals surface area contributed by atoms with Gasteiger partial charge in [0.05, 0.1) is 22.8 Å². The van der Waals surface area contributed by atoms with Crippen LogP contribution in [0.25, 0.3) is 10.6 Å². The van der Waals surface area contributed by atoms with E-state index in [9.17, 15) is 4.79 Å². The molecule has 7 heteroatoms. The second-order valence-electron chi connectivity index (χ2n) is 7.21. The molecule has 146 valence electrons. The number of thiophene rings is 1. The van der Waals surface area contributed by atoms with Crippen molar-refractivity contribution in [3.05, 3.63) is 59.1 Å². The van der Waals surface area contributed by atoms with Crippen LogP contribution in [0, 0.1) is 0 Å². The largest absolute Gasteiger partial charge is 0.373 e. The zero-order valence-corrected chi connectivity index (χ0v) is 16.8. The van der Waals surface area contributed by atoms with E-state index < -0.39 is 0 Å². The summed E-state index contributed by atoms with van der Waals surface area (Å²) < 4.78 is 5.82. The summed E-state index contributed by atoms with van der Waals surface area (Å²) in [7, 11) is 0. The third-order valence-electron chi connectivity index (χ3n) is 4.75. The minimum Gasteiger partial charge on any atom is -0.373 e. The highest BCUT2D eigenvalue weighted by atomic mass is 32.1. The molecule has 4 rings (SSSR count).